The van der Waals surface area contributed by atoms with Gasteiger partial charge in [-0.25, -0.2) is 4.39 Å². The van der Waals surface area contributed by atoms with Crippen LogP contribution in [0.5, 0.6) is 5.75 Å². The standard InChI is InChI=1S/C14H11F5N2O/c1-7(6-22-9-4-2-8(15)3-5-9)20-12-10(16)13(18)21-14(19)11(12)17/h2-5,7H,6H2,1H3,(H,20,21). The quantitative estimate of drug-likeness (QED) is 0.675. The van der Waals surface area contributed by atoms with Gasteiger partial charge >= 0.3 is 0 Å². The van der Waals surface area contributed by atoms with Crippen molar-refractivity contribution in [1.82, 2.24) is 4.98 Å². The maximum atomic E-state index is 13.4. The van der Waals surface area contributed by atoms with Crippen LogP contribution in [0, 0.1) is 29.3 Å². The molecule has 1 unspecified atom stereocenters. The van der Waals surface area contributed by atoms with Gasteiger partial charge in [0.05, 0.1) is 6.04 Å². The third-order valence-corrected chi connectivity index (χ3v) is 2.70. The first-order valence-electron chi connectivity index (χ1n) is 6.23. The number of hydrogen-bond donors (Lipinski definition) is 1. The van der Waals surface area contributed by atoms with Crippen molar-refractivity contribution in [2.24, 2.45) is 0 Å². The first-order chi connectivity index (χ1) is 10.4. The first-order valence-corrected chi connectivity index (χ1v) is 6.23. The molecule has 0 aliphatic rings. The highest BCUT2D eigenvalue weighted by atomic mass is 19.2. The smallest absolute Gasteiger partial charge is 0.253 e. The average Bonchev–Trinajstić information content (AvgIpc) is 2.49. The second kappa shape index (κ2) is 6.59. The van der Waals surface area contributed by atoms with Crippen LogP contribution in [0.25, 0.3) is 0 Å². The zero-order valence-corrected chi connectivity index (χ0v) is 11.3. The fourth-order valence-electron chi connectivity index (χ4n) is 1.65. The summed E-state index contributed by atoms with van der Waals surface area (Å²) in [6.45, 7) is 1.41. The molecule has 118 valence electrons. The van der Waals surface area contributed by atoms with E-state index in [1.165, 1.54) is 31.2 Å². The van der Waals surface area contributed by atoms with E-state index >= 15 is 0 Å². The summed E-state index contributed by atoms with van der Waals surface area (Å²) in [5.41, 5.74) is -0.958. The first kappa shape index (κ1) is 16.0. The Labute approximate surface area is 122 Å². The molecule has 0 amide bonds. The van der Waals surface area contributed by atoms with Crippen molar-refractivity contribution < 1.29 is 26.7 Å². The molecule has 0 aliphatic carbocycles. The number of nitrogens with zero attached hydrogens (tertiary/aromatic N) is 1. The molecule has 8 heteroatoms. The molecule has 0 aliphatic heterocycles. The van der Waals surface area contributed by atoms with Crippen molar-refractivity contribution in [3.63, 3.8) is 0 Å². The van der Waals surface area contributed by atoms with Gasteiger partial charge in [-0.1, -0.05) is 0 Å². The SMILES string of the molecule is CC(COc1ccc(F)cc1)Nc1c(F)c(F)nc(F)c1F. The summed E-state index contributed by atoms with van der Waals surface area (Å²) in [4.78, 5) is 2.45. The van der Waals surface area contributed by atoms with E-state index in [4.69, 9.17) is 4.74 Å². The van der Waals surface area contributed by atoms with Crippen molar-refractivity contribution >= 4 is 5.69 Å². The van der Waals surface area contributed by atoms with E-state index in [-0.39, 0.29) is 6.61 Å². The fourth-order valence-corrected chi connectivity index (χ4v) is 1.65. The summed E-state index contributed by atoms with van der Waals surface area (Å²) < 4.78 is 70.7. The predicted molar refractivity (Wildman–Crippen MR) is 69.0 cm³/mol. The Hall–Kier alpha value is -2.38. The second-order valence-electron chi connectivity index (χ2n) is 4.51. The second-order valence-corrected chi connectivity index (χ2v) is 4.51. The van der Waals surface area contributed by atoms with Crippen LogP contribution >= 0.6 is 0 Å². The van der Waals surface area contributed by atoms with Gasteiger partial charge in [0.2, 0.25) is 11.6 Å². The Morgan fingerprint density at radius 2 is 1.55 bits per heavy atom. The summed E-state index contributed by atoms with van der Waals surface area (Å²) in [6, 6.07) is 4.42. The molecule has 1 aromatic heterocycles. The van der Waals surface area contributed by atoms with Crippen LogP contribution in [-0.2, 0) is 0 Å². The number of anilines is 1. The Bertz CT molecular complexity index is 637. The van der Waals surface area contributed by atoms with Crippen molar-refractivity contribution in [2.75, 3.05) is 11.9 Å². The summed E-state index contributed by atoms with van der Waals surface area (Å²) >= 11 is 0. The van der Waals surface area contributed by atoms with Crippen molar-refractivity contribution in [1.29, 1.82) is 0 Å². The summed E-state index contributed by atoms with van der Waals surface area (Å²) in [5.74, 6) is -6.82. The molecule has 1 heterocycles. The van der Waals surface area contributed by atoms with Crippen LogP contribution in [0.15, 0.2) is 24.3 Å². The Balaban J connectivity index is 2.03. The van der Waals surface area contributed by atoms with E-state index < -0.39 is 41.1 Å². The zero-order chi connectivity index (χ0) is 16.3. The van der Waals surface area contributed by atoms with Gasteiger partial charge in [0.15, 0.2) is 0 Å². The minimum atomic E-state index is -1.74. The molecular formula is C14H11F5N2O. The molecular weight excluding hydrogens is 307 g/mol. The van der Waals surface area contributed by atoms with Gasteiger partial charge < -0.3 is 10.1 Å². The number of hydrogen-bond acceptors (Lipinski definition) is 3. The van der Waals surface area contributed by atoms with E-state index in [2.05, 4.69) is 10.3 Å². The molecule has 2 aromatic rings. The van der Waals surface area contributed by atoms with E-state index in [1.807, 2.05) is 0 Å². The molecule has 0 saturated heterocycles. The topological polar surface area (TPSA) is 34.1 Å². The molecule has 2 rings (SSSR count). The fraction of sp³-hybridized carbons (Fsp3) is 0.214. The van der Waals surface area contributed by atoms with Crippen LogP contribution in [0.1, 0.15) is 6.92 Å². The molecule has 3 nitrogen and oxygen atoms in total. The zero-order valence-electron chi connectivity index (χ0n) is 11.3. The summed E-state index contributed by atoms with van der Waals surface area (Å²) in [5, 5.41) is 2.27. The van der Waals surface area contributed by atoms with Crippen molar-refractivity contribution in [2.45, 2.75) is 13.0 Å². The lowest BCUT2D eigenvalue weighted by Gasteiger charge is -2.17. The molecule has 0 radical (unpaired) electrons. The maximum Gasteiger partial charge on any atom is 0.253 e. The largest absolute Gasteiger partial charge is 0.491 e. The van der Waals surface area contributed by atoms with Crippen molar-refractivity contribution in [3.05, 3.63) is 53.6 Å². The Kier molecular flexibility index (Phi) is 4.79. The number of nitrogens with one attached hydrogen (secondary N) is 1. The number of aromatic nitrogens is 1. The number of benzene rings is 1. The molecule has 1 atom stereocenters. The van der Waals surface area contributed by atoms with Gasteiger partial charge in [0.1, 0.15) is 23.9 Å². The molecule has 0 spiro atoms. The number of rotatable bonds is 5. The van der Waals surface area contributed by atoms with Gasteiger partial charge in [0.25, 0.3) is 11.9 Å². The highest BCUT2D eigenvalue weighted by Crippen LogP contribution is 2.23. The van der Waals surface area contributed by atoms with Gasteiger partial charge in [-0.15, -0.1) is 0 Å². The number of halogens is 5. The molecule has 0 fully saturated rings. The lowest BCUT2D eigenvalue weighted by molar-refractivity contribution is 0.302. The molecule has 0 saturated carbocycles. The van der Waals surface area contributed by atoms with Crippen LogP contribution in [0.4, 0.5) is 27.6 Å². The van der Waals surface area contributed by atoms with Gasteiger partial charge in [0, 0.05) is 0 Å². The van der Waals surface area contributed by atoms with Crippen LogP contribution in [0.2, 0.25) is 0 Å². The lowest BCUT2D eigenvalue weighted by atomic mass is 10.3. The van der Waals surface area contributed by atoms with Gasteiger partial charge in [-0.3, -0.25) is 0 Å². The molecule has 0 bridgehead atoms. The number of ether oxygens (including phenoxy) is 1. The Morgan fingerprint density at radius 1 is 1.00 bits per heavy atom. The van der Waals surface area contributed by atoms with Crippen molar-refractivity contribution in [3.8, 4) is 5.75 Å². The summed E-state index contributed by atoms with van der Waals surface area (Å²) in [7, 11) is 0. The van der Waals surface area contributed by atoms with E-state index in [0.29, 0.717) is 5.75 Å². The minimum Gasteiger partial charge on any atom is -0.491 e. The van der Waals surface area contributed by atoms with Crippen LogP contribution in [-0.4, -0.2) is 17.6 Å². The monoisotopic (exact) mass is 318 g/mol. The predicted octanol–water partition coefficient (Wildman–Crippen LogP) is 3.66. The Morgan fingerprint density at radius 3 is 2.09 bits per heavy atom. The molecule has 22 heavy (non-hydrogen) atoms. The normalized spacial score (nSPS) is 12.1. The highest BCUT2D eigenvalue weighted by molar-refractivity contribution is 5.46. The highest BCUT2D eigenvalue weighted by Gasteiger charge is 2.22. The van der Waals surface area contributed by atoms with Crippen LogP contribution < -0.4 is 10.1 Å². The third kappa shape index (κ3) is 3.63. The van der Waals surface area contributed by atoms with Crippen LogP contribution in [0.3, 0.4) is 0 Å². The summed E-state index contributed by atoms with van der Waals surface area (Å²) in [6.07, 6.45) is 0. The number of pyridine rings is 1. The maximum absolute atomic E-state index is 13.4. The van der Waals surface area contributed by atoms with Gasteiger partial charge in [-0.2, -0.15) is 22.5 Å². The van der Waals surface area contributed by atoms with E-state index in [1.54, 1.807) is 0 Å². The average molecular weight is 318 g/mol. The molecule has 1 N–H and O–H groups in total. The molecule has 1 aromatic carbocycles. The minimum absolute atomic E-state index is 0.0733. The third-order valence-electron chi connectivity index (χ3n) is 2.70. The lowest BCUT2D eigenvalue weighted by Crippen LogP contribution is -2.25. The van der Waals surface area contributed by atoms with E-state index in [0.717, 1.165) is 0 Å². The van der Waals surface area contributed by atoms with Gasteiger partial charge in [-0.05, 0) is 31.2 Å². The van der Waals surface area contributed by atoms with E-state index in [9.17, 15) is 22.0 Å².